The maximum absolute atomic E-state index is 10.1. The second-order valence-electron chi connectivity index (χ2n) is 1.19. The van der Waals surface area contributed by atoms with Crippen LogP contribution in [0, 0.1) is 11.3 Å². The van der Waals surface area contributed by atoms with Crippen LogP contribution in [-0.2, 0) is 4.79 Å². The molecule has 0 aromatic heterocycles. The number of carboxylic acid groups (broad SMARTS) is 1. The predicted molar refractivity (Wildman–Crippen MR) is 26.4 cm³/mol. The lowest BCUT2D eigenvalue weighted by Crippen LogP contribution is -2.27. The molecule has 0 aliphatic heterocycles. The lowest BCUT2D eigenvalue weighted by Gasteiger charge is -1.90. The maximum atomic E-state index is 10.1. The normalized spacial score (nSPS) is 7.44. The fourth-order valence-electron chi connectivity index (χ4n) is 0.235. The zero-order valence-electron chi connectivity index (χ0n) is 4.42. The fourth-order valence-corrected chi connectivity index (χ4v) is 0.235. The summed E-state index contributed by atoms with van der Waals surface area (Å²) in [6.45, 7) is 0. The minimum absolute atomic E-state index is 0.424. The molecule has 0 atom stereocenters. The molecule has 5 nitrogen and oxygen atoms in total. The third-order valence-corrected chi connectivity index (χ3v) is 0.486. The number of nitriles is 1. The van der Waals surface area contributed by atoms with Crippen LogP contribution in [0.5, 0.6) is 0 Å². The minimum atomic E-state index is -1.43. The first-order valence-corrected chi connectivity index (χ1v) is 2.06. The molecule has 0 saturated heterocycles. The number of rotatable bonds is 1. The Bertz CT molecular complexity index is 169. The van der Waals surface area contributed by atoms with Crippen molar-refractivity contribution < 1.29 is 14.7 Å². The van der Waals surface area contributed by atoms with Gasteiger partial charge in [-0.3, -0.25) is 10.1 Å². The fraction of sp³-hybridized carbons (Fsp3) is 0.250. The van der Waals surface area contributed by atoms with Crippen molar-refractivity contribution in [2.75, 3.05) is 0 Å². The second kappa shape index (κ2) is 3.43. The Kier molecular flexibility index (Phi) is 2.84. The van der Waals surface area contributed by atoms with E-state index in [9.17, 15) is 9.59 Å². The van der Waals surface area contributed by atoms with E-state index in [2.05, 4.69) is 0 Å². The summed E-state index contributed by atoms with van der Waals surface area (Å²) >= 11 is 0. The first kappa shape index (κ1) is 7.43. The molecule has 9 heavy (non-hydrogen) atoms. The first-order chi connectivity index (χ1) is 4.16. The zero-order valence-corrected chi connectivity index (χ0v) is 4.42. The SMILES string of the molecule is N#CCC(=O)NC(=O)O. The van der Waals surface area contributed by atoms with Crippen LogP contribution in [0.1, 0.15) is 6.42 Å². The van der Waals surface area contributed by atoms with Gasteiger partial charge >= 0.3 is 6.09 Å². The molecule has 0 unspecified atom stereocenters. The van der Waals surface area contributed by atoms with Gasteiger partial charge in [-0.25, -0.2) is 4.79 Å². The van der Waals surface area contributed by atoms with Gasteiger partial charge < -0.3 is 5.11 Å². The number of imide groups is 1. The van der Waals surface area contributed by atoms with E-state index in [-0.39, 0.29) is 0 Å². The molecule has 0 fully saturated rings. The van der Waals surface area contributed by atoms with Crippen LogP contribution in [0.15, 0.2) is 0 Å². The summed E-state index contributed by atoms with van der Waals surface area (Å²) in [5, 5.41) is 17.2. The number of hydrogen-bond acceptors (Lipinski definition) is 3. The van der Waals surface area contributed by atoms with Gasteiger partial charge in [0.1, 0.15) is 6.42 Å². The van der Waals surface area contributed by atoms with E-state index >= 15 is 0 Å². The summed E-state index contributed by atoms with van der Waals surface area (Å²) < 4.78 is 0. The number of nitrogens with one attached hydrogen (secondary N) is 1. The average Bonchev–Trinajstić information content (AvgIpc) is 1.63. The number of carbonyl (C=O) groups excluding carboxylic acids is 1. The molecular weight excluding hydrogens is 124 g/mol. The van der Waals surface area contributed by atoms with E-state index in [1.54, 1.807) is 0 Å². The van der Waals surface area contributed by atoms with E-state index in [1.807, 2.05) is 0 Å². The molecule has 0 aliphatic rings. The number of amides is 2. The summed E-state index contributed by atoms with van der Waals surface area (Å²) in [5.74, 6) is -0.801. The summed E-state index contributed by atoms with van der Waals surface area (Å²) in [5.41, 5.74) is 0. The molecule has 2 N–H and O–H groups in total. The first-order valence-electron chi connectivity index (χ1n) is 2.06. The van der Waals surface area contributed by atoms with E-state index in [1.165, 1.54) is 11.4 Å². The van der Waals surface area contributed by atoms with Crippen LogP contribution in [0.4, 0.5) is 4.79 Å². The zero-order chi connectivity index (χ0) is 7.28. The molecule has 0 aromatic rings. The van der Waals surface area contributed by atoms with Crippen LogP contribution in [0.2, 0.25) is 0 Å². The third kappa shape index (κ3) is 4.28. The van der Waals surface area contributed by atoms with Gasteiger partial charge in [0, 0.05) is 0 Å². The van der Waals surface area contributed by atoms with E-state index in [0.29, 0.717) is 0 Å². The standard InChI is InChI=1S/C4H4N2O3/c5-2-1-3(7)6-4(8)9/h1H2,(H,6,7)(H,8,9). The Morgan fingerprint density at radius 1 is 1.67 bits per heavy atom. The van der Waals surface area contributed by atoms with Crippen LogP contribution in [0.25, 0.3) is 0 Å². The van der Waals surface area contributed by atoms with Gasteiger partial charge in [0.2, 0.25) is 5.91 Å². The molecule has 0 rings (SSSR count). The minimum Gasteiger partial charge on any atom is -0.465 e. The third-order valence-electron chi connectivity index (χ3n) is 0.486. The Labute approximate surface area is 50.9 Å². The smallest absolute Gasteiger partial charge is 0.411 e. The highest BCUT2D eigenvalue weighted by Crippen LogP contribution is 1.73. The molecule has 0 saturated carbocycles. The molecule has 0 aliphatic carbocycles. The van der Waals surface area contributed by atoms with Crippen LogP contribution >= 0.6 is 0 Å². The molecule has 0 heterocycles. The highest BCUT2D eigenvalue weighted by molar-refractivity contribution is 5.91. The number of hydrogen-bond donors (Lipinski definition) is 2. The Balaban J connectivity index is 3.54. The van der Waals surface area contributed by atoms with Gasteiger partial charge in [-0.05, 0) is 0 Å². The highest BCUT2D eigenvalue weighted by Gasteiger charge is 2.02. The van der Waals surface area contributed by atoms with Crippen molar-refractivity contribution >= 4 is 12.0 Å². The van der Waals surface area contributed by atoms with E-state index in [0.717, 1.165) is 0 Å². The molecule has 5 heteroatoms. The van der Waals surface area contributed by atoms with Crippen LogP contribution < -0.4 is 5.32 Å². The molecule has 2 amide bonds. The van der Waals surface area contributed by atoms with Gasteiger partial charge in [0.25, 0.3) is 0 Å². The molecule has 0 aromatic carbocycles. The molecule has 0 bridgehead atoms. The molecule has 48 valence electrons. The topological polar surface area (TPSA) is 90.2 Å². The molecule has 0 radical (unpaired) electrons. The van der Waals surface area contributed by atoms with Crippen LogP contribution in [0.3, 0.4) is 0 Å². The Morgan fingerprint density at radius 2 is 2.22 bits per heavy atom. The largest absolute Gasteiger partial charge is 0.465 e. The summed E-state index contributed by atoms with van der Waals surface area (Å²) in [4.78, 5) is 19.8. The highest BCUT2D eigenvalue weighted by atomic mass is 16.4. The van der Waals surface area contributed by atoms with Crippen molar-refractivity contribution in [3.63, 3.8) is 0 Å². The van der Waals surface area contributed by atoms with E-state index in [4.69, 9.17) is 10.4 Å². The second-order valence-corrected chi connectivity index (χ2v) is 1.19. The predicted octanol–water partition coefficient (Wildman–Crippen LogP) is -0.306. The van der Waals surface area contributed by atoms with Gasteiger partial charge in [0.15, 0.2) is 0 Å². The number of nitrogens with zero attached hydrogens (tertiary/aromatic N) is 1. The Hall–Kier alpha value is -1.57. The van der Waals surface area contributed by atoms with Crippen molar-refractivity contribution in [1.29, 1.82) is 5.26 Å². The van der Waals surface area contributed by atoms with Crippen molar-refractivity contribution in [3.8, 4) is 6.07 Å². The van der Waals surface area contributed by atoms with Crippen molar-refractivity contribution in [3.05, 3.63) is 0 Å². The molecular formula is C4H4N2O3. The Morgan fingerprint density at radius 3 is 2.56 bits per heavy atom. The van der Waals surface area contributed by atoms with Gasteiger partial charge in [-0.15, -0.1) is 0 Å². The average molecular weight is 128 g/mol. The van der Waals surface area contributed by atoms with Crippen LogP contribution in [-0.4, -0.2) is 17.1 Å². The maximum Gasteiger partial charge on any atom is 0.411 e. The monoisotopic (exact) mass is 128 g/mol. The number of carbonyl (C=O) groups is 2. The summed E-state index contributed by atoms with van der Waals surface area (Å²) in [7, 11) is 0. The summed E-state index contributed by atoms with van der Waals surface area (Å²) in [6.07, 6.45) is -1.86. The lowest BCUT2D eigenvalue weighted by atomic mass is 10.4. The van der Waals surface area contributed by atoms with Gasteiger partial charge in [0.05, 0.1) is 6.07 Å². The summed E-state index contributed by atoms with van der Waals surface area (Å²) in [6, 6.07) is 1.50. The van der Waals surface area contributed by atoms with Crippen molar-refractivity contribution in [2.45, 2.75) is 6.42 Å². The molecule has 0 spiro atoms. The van der Waals surface area contributed by atoms with Crippen molar-refractivity contribution in [2.24, 2.45) is 0 Å². The van der Waals surface area contributed by atoms with Gasteiger partial charge in [-0.1, -0.05) is 0 Å². The van der Waals surface area contributed by atoms with Gasteiger partial charge in [-0.2, -0.15) is 5.26 Å². The lowest BCUT2D eigenvalue weighted by molar-refractivity contribution is -0.119. The quantitative estimate of drug-likeness (QED) is 0.507. The van der Waals surface area contributed by atoms with E-state index < -0.39 is 18.4 Å². The van der Waals surface area contributed by atoms with Crippen molar-refractivity contribution in [1.82, 2.24) is 5.32 Å².